The molecule has 0 radical (unpaired) electrons. The molecular formula is C27H39N3O5. The van der Waals surface area contributed by atoms with Crippen LogP contribution in [0.25, 0.3) is 0 Å². The molecule has 4 rings (SSSR count). The number of aryl methyl sites for hydroxylation is 2. The summed E-state index contributed by atoms with van der Waals surface area (Å²) in [5, 5.41) is 16.2. The maximum atomic E-state index is 14.2. The van der Waals surface area contributed by atoms with E-state index in [-0.39, 0.29) is 30.2 Å². The average Bonchev–Trinajstić information content (AvgIpc) is 3.45. The largest absolute Gasteiger partial charge is 0.394 e. The highest BCUT2D eigenvalue weighted by Gasteiger charge is 2.79. The maximum Gasteiger partial charge on any atom is 0.250 e. The summed E-state index contributed by atoms with van der Waals surface area (Å²) in [6.45, 7) is 9.55. The Kier molecular flexibility index (Phi) is 6.74. The van der Waals surface area contributed by atoms with Gasteiger partial charge in [-0.05, 0) is 50.2 Å². The lowest BCUT2D eigenvalue weighted by Gasteiger charge is -2.39. The molecule has 0 saturated carbocycles. The van der Waals surface area contributed by atoms with Gasteiger partial charge in [-0.1, -0.05) is 45.4 Å². The van der Waals surface area contributed by atoms with Gasteiger partial charge in [0, 0.05) is 12.7 Å². The molecule has 3 amide bonds. The van der Waals surface area contributed by atoms with Crippen LogP contribution in [0.2, 0.25) is 0 Å². The average molecular weight is 486 g/mol. The number of hydrogen-bond acceptors (Lipinski definition) is 5. The van der Waals surface area contributed by atoms with Gasteiger partial charge in [-0.2, -0.15) is 0 Å². The van der Waals surface area contributed by atoms with E-state index in [1.807, 2.05) is 52.8 Å². The highest BCUT2D eigenvalue weighted by atomic mass is 16.5. The second-order valence-electron chi connectivity index (χ2n) is 10.6. The monoisotopic (exact) mass is 485 g/mol. The van der Waals surface area contributed by atoms with Crippen molar-refractivity contribution in [3.05, 3.63) is 29.3 Å². The number of nitrogens with zero attached hydrogens (tertiary/aromatic N) is 1. The molecule has 3 aliphatic rings. The van der Waals surface area contributed by atoms with Gasteiger partial charge in [-0.3, -0.25) is 14.4 Å². The van der Waals surface area contributed by atoms with Crippen molar-refractivity contribution in [1.29, 1.82) is 0 Å². The number of carbonyl (C=O) groups excluding carboxylic acids is 3. The molecule has 0 aliphatic carbocycles. The van der Waals surface area contributed by atoms with Crippen LogP contribution in [-0.2, 0) is 19.1 Å². The van der Waals surface area contributed by atoms with E-state index in [9.17, 15) is 19.5 Å². The quantitative estimate of drug-likeness (QED) is 0.525. The number of carbonyl (C=O) groups is 3. The number of rotatable bonds is 8. The Balaban J connectivity index is 1.85. The molecule has 2 unspecified atom stereocenters. The number of aliphatic hydroxyl groups is 1. The SMILES string of the molecule is CC[C@H](C)[C@H](CO)N1C(=O)[C@@H]2[C@@H](C(=O)NC)[C@@]3(CC)CCC2(O3)C1C(=O)Nc1c(C)cccc1C. The van der Waals surface area contributed by atoms with E-state index in [0.717, 1.165) is 23.2 Å². The number of anilines is 1. The third-order valence-corrected chi connectivity index (χ3v) is 8.97. The van der Waals surface area contributed by atoms with E-state index >= 15 is 0 Å². The Morgan fingerprint density at radius 1 is 1.20 bits per heavy atom. The van der Waals surface area contributed by atoms with E-state index in [0.29, 0.717) is 19.3 Å². The van der Waals surface area contributed by atoms with Crippen LogP contribution in [0.3, 0.4) is 0 Å². The second-order valence-corrected chi connectivity index (χ2v) is 10.6. The van der Waals surface area contributed by atoms with Gasteiger partial charge >= 0.3 is 0 Å². The van der Waals surface area contributed by atoms with Crippen molar-refractivity contribution in [3.8, 4) is 0 Å². The predicted molar refractivity (Wildman–Crippen MR) is 133 cm³/mol. The highest BCUT2D eigenvalue weighted by molar-refractivity contribution is 6.04. The van der Waals surface area contributed by atoms with Gasteiger partial charge in [-0.25, -0.2) is 0 Å². The molecule has 0 aromatic heterocycles. The fourth-order valence-corrected chi connectivity index (χ4v) is 6.88. The number of aliphatic hydroxyl groups excluding tert-OH is 1. The molecule has 1 spiro atoms. The van der Waals surface area contributed by atoms with Crippen molar-refractivity contribution in [3.63, 3.8) is 0 Å². The number of nitrogens with one attached hydrogen (secondary N) is 2. The van der Waals surface area contributed by atoms with Crippen LogP contribution in [0.15, 0.2) is 18.2 Å². The lowest BCUT2D eigenvalue weighted by molar-refractivity contribution is -0.150. The summed E-state index contributed by atoms with van der Waals surface area (Å²) in [5.41, 5.74) is 0.692. The molecule has 3 saturated heterocycles. The topological polar surface area (TPSA) is 108 Å². The molecule has 8 nitrogen and oxygen atoms in total. The third kappa shape index (κ3) is 3.59. The number of benzene rings is 1. The predicted octanol–water partition coefficient (Wildman–Crippen LogP) is 2.55. The number of hydrogen-bond donors (Lipinski definition) is 3. The molecule has 3 heterocycles. The first-order chi connectivity index (χ1) is 16.6. The van der Waals surface area contributed by atoms with Crippen LogP contribution in [-0.4, -0.2) is 64.7 Å². The fraction of sp³-hybridized carbons (Fsp3) is 0.667. The van der Waals surface area contributed by atoms with Gasteiger partial charge in [-0.15, -0.1) is 0 Å². The van der Waals surface area contributed by atoms with Crippen molar-refractivity contribution in [2.45, 2.75) is 83.6 Å². The normalized spacial score (nSPS) is 32.9. The minimum Gasteiger partial charge on any atom is -0.394 e. The molecule has 2 bridgehead atoms. The van der Waals surface area contributed by atoms with Crippen molar-refractivity contribution in [1.82, 2.24) is 10.2 Å². The first kappa shape index (κ1) is 25.6. The van der Waals surface area contributed by atoms with Crippen molar-refractivity contribution < 1.29 is 24.2 Å². The van der Waals surface area contributed by atoms with Crippen molar-refractivity contribution in [2.24, 2.45) is 17.8 Å². The molecule has 3 fully saturated rings. The van der Waals surface area contributed by atoms with E-state index in [1.165, 1.54) is 0 Å². The standard InChI is InChI=1S/C27H39N3O5/c1-7-15(3)18(14-31)30-22(24(33)29-21-16(4)10-9-11-17(21)5)27-13-12-26(8-2,35-27)19(23(32)28-6)20(27)25(30)34/h9-11,15,18-20,22,31H,7-8,12-14H2,1-6H3,(H,28,32)(H,29,33)/t15-,18-,19-,20-,22?,26+,27?/m0/s1. The Morgan fingerprint density at radius 3 is 2.40 bits per heavy atom. The number of fused-ring (bicyclic) bond motifs is 1. The summed E-state index contributed by atoms with van der Waals surface area (Å²) in [4.78, 5) is 43.0. The Hall–Kier alpha value is -2.45. The van der Waals surface area contributed by atoms with Crippen molar-refractivity contribution in [2.75, 3.05) is 19.0 Å². The maximum absolute atomic E-state index is 14.2. The number of ether oxygens (including phenoxy) is 1. The number of para-hydroxylation sites is 1. The Bertz CT molecular complexity index is 1010. The van der Waals surface area contributed by atoms with Crippen LogP contribution in [0, 0.1) is 31.6 Å². The van der Waals surface area contributed by atoms with Crippen LogP contribution >= 0.6 is 0 Å². The summed E-state index contributed by atoms with van der Waals surface area (Å²) in [7, 11) is 1.57. The molecule has 35 heavy (non-hydrogen) atoms. The van der Waals surface area contributed by atoms with E-state index < -0.39 is 35.1 Å². The van der Waals surface area contributed by atoms with Gasteiger partial charge in [0.05, 0.1) is 30.1 Å². The smallest absolute Gasteiger partial charge is 0.250 e. The lowest BCUT2D eigenvalue weighted by atomic mass is 9.65. The van der Waals surface area contributed by atoms with Crippen molar-refractivity contribution >= 4 is 23.4 Å². The molecule has 3 N–H and O–H groups in total. The summed E-state index contributed by atoms with van der Waals surface area (Å²) in [6, 6.07) is 4.32. The Morgan fingerprint density at radius 2 is 1.86 bits per heavy atom. The minimum absolute atomic E-state index is 0.0366. The van der Waals surface area contributed by atoms with Gasteiger partial charge in [0.15, 0.2) is 0 Å². The Labute approximate surface area is 207 Å². The van der Waals surface area contributed by atoms with Crippen LogP contribution in [0.4, 0.5) is 5.69 Å². The van der Waals surface area contributed by atoms with E-state index in [1.54, 1.807) is 11.9 Å². The van der Waals surface area contributed by atoms with Gasteiger partial charge in [0.2, 0.25) is 17.7 Å². The fourth-order valence-electron chi connectivity index (χ4n) is 6.88. The number of likely N-dealkylation sites (tertiary alicyclic amines) is 1. The second kappa shape index (κ2) is 9.21. The summed E-state index contributed by atoms with van der Waals surface area (Å²) < 4.78 is 6.73. The molecule has 1 aromatic carbocycles. The van der Waals surface area contributed by atoms with E-state index in [4.69, 9.17) is 4.74 Å². The molecule has 3 aliphatic heterocycles. The first-order valence-corrected chi connectivity index (χ1v) is 12.8. The summed E-state index contributed by atoms with van der Waals surface area (Å²) in [6.07, 6.45) is 2.44. The zero-order chi connectivity index (χ0) is 25.7. The molecule has 8 heteroatoms. The van der Waals surface area contributed by atoms with E-state index in [2.05, 4.69) is 10.6 Å². The molecular weight excluding hydrogens is 446 g/mol. The van der Waals surface area contributed by atoms with Gasteiger partial charge in [0.1, 0.15) is 11.6 Å². The summed E-state index contributed by atoms with van der Waals surface area (Å²) in [5.74, 6) is -2.30. The molecule has 192 valence electrons. The minimum atomic E-state index is -1.11. The molecule has 7 atom stereocenters. The van der Waals surface area contributed by atoms with Crippen LogP contribution < -0.4 is 10.6 Å². The first-order valence-electron chi connectivity index (χ1n) is 12.8. The highest BCUT2D eigenvalue weighted by Crippen LogP contribution is 2.64. The molecule has 1 aromatic rings. The van der Waals surface area contributed by atoms with Gasteiger partial charge in [0.25, 0.3) is 0 Å². The van der Waals surface area contributed by atoms with Crippen LogP contribution in [0.5, 0.6) is 0 Å². The zero-order valence-corrected chi connectivity index (χ0v) is 21.7. The zero-order valence-electron chi connectivity index (χ0n) is 21.7. The third-order valence-electron chi connectivity index (χ3n) is 8.97. The lowest BCUT2D eigenvalue weighted by Crippen LogP contribution is -2.57. The summed E-state index contributed by atoms with van der Waals surface area (Å²) >= 11 is 0. The number of amides is 3. The van der Waals surface area contributed by atoms with Gasteiger partial charge < -0.3 is 25.4 Å². The van der Waals surface area contributed by atoms with Crippen LogP contribution in [0.1, 0.15) is 57.6 Å².